The molecule has 21 heavy (non-hydrogen) atoms. The quantitative estimate of drug-likeness (QED) is 0.936. The molecule has 4 nitrogen and oxygen atoms in total. The number of nitrogens with zero attached hydrogens (tertiary/aromatic N) is 2. The van der Waals surface area contributed by atoms with Gasteiger partial charge < -0.3 is 15.0 Å². The first-order valence-corrected chi connectivity index (χ1v) is 7.88. The van der Waals surface area contributed by atoms with Crippen LogP contribution < -0.4 is 15.0 Å². The maximum absolute atomic E-state index is 5.43. The molecule has 1 aromatic carbocycles. The van der Waals surface area contributed by atoms with E-state index in [1.165, 1.54) is 10.5 Å². The molecule has 1 atom stereocenters. The lowest BCUT2D eigenvalue weighted by Crippen LogP contribution is -2.16. The number of ether oxygens (including phenoxy) is 1. The Morgan fingerprint density at radius 1 is 1.29 bits per heavy atom. The van der Waals surface area contributed by atoms with Gasteiger partial charge in [0.05, 0.1) is 18.8 Å². The van der Waals surface area contributed by atoms with Crippen LogP contribution in [0.3, 0.4) is 0 Å². The van der Waals surface area contributed by atoms with Crippen molar-refractivity contribution in [2.24, 2.45) is 0 Å². The SMILES string of the molecule is COc1nccc(N(C)C)c1NC1CSc2ccccc21. The third-order valence-electron chi connectivity index (χ3n) is 3.59. The third-order valence-corrected chi connectivity index (χ3v) is 4.77. The number of benzene rings is 1. The first-order chi connectivity index (χ1) is 10.2. The molecule has 0 saturated heterocycles. The number of rotatable bonds is 4. The van der Waals surface area contributed by atoms with Crippen LogP contribution in [0.25, 0.3) is 0 Å². The summed E-state index contributed by atoms with van der Waals surface area (Å²) in [4.78, 5) is 7.74. The van der Waals surface area contributed by atoms with E-state index in [0.717, 1.165) is 17.1 Å². The second-order valence-electron chi connectivity index (χ2n) is 5.15. The average Bonchev–Trinajstić information content (AvgIpc) is 2.90. The molecule has 1 aliphatic heterocycles. The molecule has 2 aromatic rings. The van der Waals surface area contributed by atoms with Crippen LogP contribution in [0.4, 0.5) is 11.4 Å². The molecule has 0 saturated carbocycles. The summed E-state index contributed by atoms with van der Waals surface area (Å²) in [7, 11) is 5.71. The van der Waals surface area contributed by atoms with Crippen molar-refractivity contribution in [2.45, 2.75) is 10.9 Å². The van der Waals surface area contributed by atoms with Crippen molar-refractivity contribution in [3.05, 3.63) is 42.1 Å². The van der Waals surface area contributed by atoms with Gasteiger partial charge >= 0.3 is 0 Å². The molecule has 2 heterocycles. The predicted molar refractivity (Wildman–Crippen MR) is 88.6 cm³/mol. The van der Waals surface area contributed by atoms with Gasteiger partial charge in [-0.05, 0) is 17.7 Å². The Balaban J connectivity index is 1.95. The van der Waals surface area contributed by atoms with E-state index in [-0.39, 0.29) is 6.04 Å². The van der Waals surface area contributed by atoms with Gasteiger partial charge in [0.1, 0.15) is 5.69 Å². The van der Waals surface area contributed by atoms with E-state index in [4.69, 9.17) is 4.74 Å². The summed E-state index contributed by atoms with van der Waals surface area (Å²) in [5.74, 6) is 1.65. The molecule has 110 valence electrons. The number of aromatic nitrogens is 1. The average molecular weight is 301 g/mol. The topological polar surface area (TPSA) is 37.4 Å². The summed E-state index contributed by atoms with van der Waals surface area (Å²) in [5, 5.41) is 3.62. The molecule has 0 fully saturated rings. The van der Waals surface area contributed by atoms with Crippen LogP contribution >= 0.6 is 11.8 Å². The third kappa shape index (κ3) is 2.65. The number of thioether (sulfide) groups is 1. The second kappa shape index (κ2) is 5.85. The summed E-state index contributed by atoms with van der Waals surface area (Å²) in [6, 6.07) is 10.8. The Morgan fingerprint density at radius 3 is 2.86 bits per heavy atom. The van der Waals surface area contributed by atoms with Crippen molar-refractivity contribution in [1.29, 1.82) is 0 Å². The number of anilines is 2. The molecule has 0 radical (unpaired) electrons. The summed E-state index contributed by atoms with van der Waals surface area (Å²) in [5.41, 5.74) is 3.38. The van der Waals surface area contributed by atoms with Crippen molar-refractivity contribution in [2.75, 3.05) is 37.2 Å². The second-order valence-corrected chi connectivity index (χ2v) is 6.22. The van der Waals surface area contributed by atoms with E-state index in [9.17, 15) is 0 Å². The van der Waals surface area contributed by atoms with Gasteiger partial charge in [-0.15, -0.1) is 11.8 Å². The fourth-order valence-electron chi connectivity index (χ4n) is 2.55. The van der Waals surface area contributed by atoms with Crippen LogP contribution in [-0.4, -0.2) is 31.9 Å². The minimum absolute atomic E-state index is 0.281. The van der Waals surface area contributed by atoms with Crippen molar-refractivity contribution >= 4 is 23.1 Å². The molecule has 0 aliphatic carbocycles. The predicted octanol–water partition coefficient (Wildman–Crippen LogP) is 3.42. The highest BCUT2D eigenvalue weighted by Crippen LogP contribution is 2.42. The Morgan fingerprint density at radius 2 is 2.10 bits per heavy atom. The number of methoxy groups -OCH3 is 1. The first kappa shape index (κ1) is 14.1. The standard InChI is InChI=1S/C16H19N3OS/c1-19(2)13-8-9-17-16(20-3)15(13)18-12-10-21-14-7-5-4-6-11(12)14/h4-9,12,18H,10H2,1-3H3. The van der Waals surface area contributed by atoms with Gasteiger partial charge in [-0.2, -0.15) is 0 Å². The summed E-state index contributed by atoms with van der Waals surface area (Å²) in [6.07, 6.45) is 1.77. The molecule has 1 unspecified atom stereocenters. The zero-order valence-corrected chi connectivity index (χ0v) is 13.3. The molecular weight excluding hydrogens is 282 g/mol. The molecule has 1 aliphatic rings. The van der Waals surface area contributed by atoms with E-state index >= 15 is 0 Å². The largest absolute Gasteiger partial charge is 0.479 e. The summed E-state index contributed by atoms with van der Waals surface area (Å²) >= 11 is 1.89. The van der Waals surface area contributed by atoms with Gasteiger partial charge in [-0.25, -0.2) is 4.98 Å². The fourth-order valence-corrected chi connectivity index (χ4v) is 3.71. The Labute approximate surface area is 129 Å². The molecule has 1 N–H and O–H groups in total. The fraction of sp³-hybridized carbons (Fsp3) is 0.312. The molecule has 0 amide bonds. The Kier molecular flexibility index (Phi) is 3.92. The maximum atomic E-state index is 5.43. The Bertz CT molecular complexity index is 645. The van der Waals surface area contributed by atoms with E-state index < -0.39 is 0 Å². The minimum atomic E-state index is 0.281. The van der Waals surface area contributed by atoms with Crippen LogP contribution in [0.5, 0.6) is 5.88 Å². The van der Waals surface area contributed by atoms with Crippen LogP contribution in [0, 0.1) is 0 Å². The van der Waals surface area contributed by atoms with Gasteiger partial charge in [0.25, 0.3) is 0 Å². The minimum Gasteiger partial charge on any atom is -0.479 e. The number of fused-ring (bicyclic) bond motifs is 1. The number of pyridine rings is 1. The number of hydrogen-bond donors (Lipinski definition) is 1. The molecule has 0 bridgehead atoms. The van der Waals surface area contributed by atoms with Crippen molar-refractivity contribution < 1.29 is 4.74 Å². The van der Waals surface area contributed by atoms with Crippen molar-refractivity contribution in [3.63, 3.8) is 0 Å². The number of hydrogen-bond acceptors (Lipinski definition) is 5. The lowest BCUT2D eigenvalue weighted by Gasteiger charge is -2.23. The lowest BCUT2D eigenvalue weighted by atomic mass is 10.1. The zero-order chi connectivity index (χ0) is 14.8. The maximum Gasteiger partial charge on any atom is 0.239 e. The van der Waals surface area contributed by atoms with E-state index in [2.05, 4.69) is 39.5 Å². The van der Waals surface area contributed by atoms with Gasteiger partial charge in [-0.3, -0.25) is 0 Å². The molecule has 5 heteroatoms. The van der Waals surface area contributed by atoms with Crippen LogP contribution in [0.15, 0.2) is 41.4 Å². The zero-order valence-electron chi connectivity index (χ0n) is 12.5. The lowest BCUT2D eigenvalue weighted by molar-refractivity contribution is 0.399. The van der Waals surface area contributed by atoms with Crippen molar-refractivity contribution in [1.82, 2.24) is 4.98 Å². The van der Waals surface area contributed by atoms with Crippen LogP contribution in [-0.2, 0) is 0 Å². The highest BCUT2D eigenvalue weighted by molar-refractivity contribution is 7.99. The monoisotopic (exact) mass is 301 g/mol. The molecule has 1 aromatic heterocycles. The molecule has 0 spiro atoms. The molecule has 3 rings (SSSR count). The normalized spacial score (nSPS) is 16.4. The van der Waals surface area contributed by atoms with E-state index in [0.29, 0.717) is 5.88 Å². The first-order valence-electron chi connectivity index (χ1n) is 6.89. The smallest absolute Gasteiger partial charge is 0.239 e. The van der Waals surface area contributed by atoms with Crippen LogP contribution in [0.1, 0.15) is 11.6 Å². The summed E-state index contributed by atoms with van der Waals surface area (Å²) in [6.45, 7) is 0. The van der Waals surface area contributed by atoms with Gasteiger partial charge in [0, 0.05) is 30.9 Å². The van der Waals surface area contributed by atoms with Gasteiger partial charge in [0.15, 0.2) is 0 Å². The highest BCUT2D eigenvalue weighted by Gasteiger charge is 2.25. The van der Waals surface area contributed by atoms with Crippen molar-refractivity contribution in [3.8, 4) is 5.88 Å². The van der Waals surface area contributed by atoms with E-state index in [1.54, 1.807) is 13.3 Å². The highest BCUT2D eigenvalue weighted by atomic mass is 32.2. The Hall–Kier alpha value is -1.88. The van der Waals surface area contributed by atoms with Gasteiger partial charge in [0.2, 0.25) is 5.88 Å². The molecular formula is C16H19N3OS. The van der Waals surface area contributed by atoms with Crippen LogP contribution in [0.2, 0.25) is 0 Å². The van der Waals surface area contributed by atoms with Gasteiger partial charge in [-0.1, -0.05) is 18.2 Å². The van der Waals surface area contributed by atoms with E-state index in [1.807, 2.05) is 31.9 Å². The summed E-state index contributed by atoms with van der Waals surface area (Å²) < 4.78 is 5.43. The number of nitrogens with one attached hydrogen (secondary N) is 1.